The maximum atomic E-state index is 11.1. The fourth-order valence-corrected chi connectivity index (χ4v) is 2.23. The molecule has 0 spiro atoms. The normalized spacial score (nSPS) is 14.8. The van der Waals surface area contributed by atoms with Gasteiger partial charge in [0.1, 0.15) is 12.6 Å². The molecule has 2 heterocycles. The van der Waals surface area contributed by atoms with Gasteiger partial charge in [-0.1, -0.05) is 11.6 Å². The summed E-state index contributed by atoms with van der Waals surface area (Å²) in [7, 11) is 3.54. The summed E-state index contributed by atoms with van der Waals surface area (Å²) in [6.45, 7) is 1.33. The first-order valence-corrected chi connectivity index (χ1v) is 6.55. The molecule has 0 saturated carbocycles. The fraction of sp³-hybridized carbons (Fsp3) is 0.231. The summed E-state index contributed by atoms with van der Waals surface area (Å²) in [5, 5.41) is 17.3. The third-order valence-electron chi connectivity index (χ3n) is 3.00. The molecule has 0 unspecified atom stereocenters. The van der Waals surface area contributed by atoms with Gasteiger partial charge in [0.15, 0.2) is 0 Å². The van der Waals surface area contributed by atoms with Crippen molar-refractivity contribution in [3.05, 3.63) is 23.2 Å². The summed E-state index contributed by atoms with van der Waals surface area (Å²) in [5.74, 6) is 0.599. The molecule has 0 amide bonds. The average Bonchev–Trinajstić information content (AvgIpc) is 2.40. The minimum absolute atomic E-state index is 0.0173. The molecule has 1 aliphatic rings. The third kappa shape index (κ3) is 2.36. The molecule has 108 valence electrons. The number of hydrogen-bond donors (Lipinski definition) is 0. The van der Waals surface area contributed by atoms with E-state index in [9.17, 15) is 5.11 Å². The zero-order valence-corrected chi connectivity index (χ0v) is 12.4. The number of aryl methyl sites for hydroxylation is 1. The Balaban J connectivity index is 2.21. The molecule has 0 N–H and O–H groups in total. The van der Waals surface area contributed by atoms with Gasteiger partial charge in [0.25, 0.3) is 5.82 Å². The van der Waals surface area contributed by atoms with Crippen LogP contribution < -0.4 is 19.4 Å². The molecule has 0 radical (unpaired) electrons. The highest BCUT2D eigenvalue weighted by Crippen LogP contribution is 2.28. The number of amidine groups is 1. The van der Waals surface area contributed by atoms with Crippen LogP contribution in [0, 0.1) is 0 Å². The molecular weight excluding hydrogens is 294 g/mol. The van der Waals surface area contributed by atoms with E-state index in [4.69, 9.17) is 16.3 Å². The van der Waals surface area contributed by atoms with E-state index >= 15 is 0 Å². The Morgan fingerprint density at radius 2 is 2.24 bits per heavy atom. The van der Waals surface area contributed by atoms with Crippen molar-refractivity contribution in [3.8, 4) is 5.88 Å². The van der Waals surface area contributed by atoms with Crippen molar-refractivity contribution in [3.63, 3.8) is 0 Å². The minimum atomic E-state index is -0.384. The summed E-state index contributed by atoms with van der Waals surface area (Å²) in [4.78, 5) is 8.20. The Bertz CT molecular complexity index is 799. The Morgan fingerprint density at radius 1 is 1.48 bits per heavy atom. The predicted octanol–water partition coefficient (Wildman–Crippen LogP) is 0.591. The number of halogens is 1. The van der Waals surface area contributed by atoms with E-state index in [0.717, 1.165) is 11.0 Å². The summed E-state index contributed by atoms with van der Waals surface area (Å²) >= 11 is 6.02. The number of aromatic nitrogens is 2. The Kier molecular flexibility index (Phi) is 3.13. The number of aliphatic imine (C=N–C) groups is 1. The zero-order chi connectivity index (χ0) is 15.1. The Morgan fingerprint density at radius 3 is 2.95 bits per heavy atom. The number of hydrogen-bond acceptors (Lipinski definition) is 6. The van der Waals surface area contributed by atoms with E-state index in [-0.39, 0.29) is 11.9 Å². The van der Waals surface area contributed by atoms with Crippen molar-refractivity contribution in [2.24, 2.45) is 17.1 Å². The third-order valence-corrected chi connectivity index (χ3v) is 3.24. The van der Waals surface area contributed by atoms with Gasteiger partial charge in [0, 0.05) is 18.1 Å². The lowest BCUT2D eigenvalue weighted by molar-refractivity contribution is -0.648. The molecule has 0 saturated heterocycles. The van der Waals surface area contributed by atoms with Crippen LogP contribution in [0.5, 0.6) is 5.88 Å². The smallest absolute Gasteiger partial charge is 0.422 e. The van der Waals surface area contributed by atoms with E-state index in [0.29, 0.717) is 16.7 Å². The first-order valence-electron chi connectivity index (χ1n) is 6.17. The van der Waals surface area contributed by atoms with Crippen LogP contribution in [0.15, 0.2) is 28.3 Å². The predicted molar refractivity (Wildman–Crippen MR) is 77.5 cm³/mol. The van der Waals surface area contributed by atoms with Crippen LogP contribution >= 0.6 is 11.6 Å². The Labute approximate surface area is 125 Å². The first-order chi connectivity index (χ1) is 9.95. The van der Waals surface area contributed by atoms with E-state index in [1.807, 2.05) is 13.1 Å². The molecule has 1 aliphatic heterocycles. The zero-order valence-electron chi connectivity index (χ0n) is 11.7. The molecule has 1 aromatic heterocycles. The SMILES string of the molecule is C/C([O-])=N/C1=NN(C)c2nc3ccc(Cl)cc3[n+](C)c2O1. The highest BCUT2D eigenvalue weighted by atomic mass is 35.5. The molecule has 3 rings (SSSR count). The van der Waals surface area contributed by atoms with Gasteiger partial charge in [-0.3, -0.25) is 0 Å². The molecule has 7 nitrogen and oxygen atoms in total. The van der Waals surface area contributed by atoms with Crippen LogP contribution in [-0.4, -0.2) is 24.0 Å². The second-order valence-corrected chi connectivity index (χ2v) is 5.01. The molecule has 0 bridgehead atoms. The summed E-state index contributed by atoms with van der Waals surface area (Å²) in [6, 6.07) is 5.37. The molecule has 8 heteroatoms. The second-order valence-electron chi connectivity index (χ2n) is 4.57. The van der Waals surface area contributed by atoms with E-state index in [1.54, 1.807) is 23.7 Å². The van der Waals surface area contributed by atoms with Gasteiger partial charge in [-0.25, -0.2) is 15.0 Å². The lowest BCUT2D eigenvalue weighted by atomic mass is 10.3. The van der Waals surface area contributed by atoms with Crippen LogP contribution in [0.3, 0.4) is 0 Å². The first kappa shape index (κ1) is 13.6. The van der Waals surface area contributed by atoms with Crippen molar-refractivity contribution < 1.29 is 14.4 Å². The summed E-state index contributed by atoms with van der Waals surface area (Å²) in [6.07, 6.45) is 0. The number of hydrazone groups is 1. The van der Waals surface area contributed by atoms with Crippen molar-refractivity contribution in [2.45, 2.75) is 6.92 Å². The van der Waals surface area contributed by atoms with Gasteiger partial charge in [0.2, 0.25) is 5.52 Å². The molecule has 0 aliphatic carbocycles. The van der Waals surface area contributed by atoms with Gasteiger partial charge in [0.05, 0.1) is 0 Å². The van der Waals surface area contributed by atoms with Crippen molar-refractivity contribution in [1.82, 2.24) is 4.98 Å². The number of fused-ring (bicyclic) bond motifs is 2. The van der Waals surface area contributed by atoms with Crippen LogP contribution in [0.25, 0.3) is 11.0 Å². The van der Waals surface area contributed by atoms with E-state index in [1.165, 1.54) is 11.9 Å². The topological polar surface area (TPSA) is 77.0 Å². The minimum Gasteiger partial charge on any atom is -0.862 e. The van der Waals surface area contributed by atoms with Crippen molar-refractivity contribution >= 4 is 40.4 Å². The van der Waals surface area contributed by atoms with Gasteiger partial charge in [-0.05, 0) is 25.0 Å². The number of ether oxygens (including phenoxy) is 1. The molecule has 0 atom stereocenters. The summed E-state index contributed by atoms with van der Waals surface area (Å²) in [5.41, 5.74) is 1.57. The van der Waals surface area contributed by atoms with E-state index < -0.39 is 0 Å². The molecular formula is C13H12ClN5O2. The fourth-order valence-electron chi connectivity index (χ4n) is 2.07. The van der Waals surface area contributed by atoms with Crippen LogP contribution in [-0.2, 0) is 7.05 Å². The van der Waals surface area contributed by atoms with Gasteiger partial charge >= 0.3 is 11.9 Å². The van der Waals surface area contributed by atoms with Crippen LogP contribution in [0.1, 0.15) is 6.92 Å². The lowest BCUT2D eigenvalue weighted by Gasteiger charge is -2.20. The monoisotopic (exact) mass is 305 g/mol. The largest absolute Gasteiger partial charge is 0.862 e. The highest BCUT2D eigenvalue weighted by Gasteiger charge is 2.30. The maximum Gasteiger partial charge on any atom is 0.422 e. The van der Waals surface area contributed by atoms with Crippen molar-refractivity contribution in [2.75, 3.05) is 12.1 Å². The molecule has 1 aromatic carbocycles. The number of anilines is 1. The highest BCUT2D eigenvalue weighted by molar-refractivity contribution is 6.31. The number of rotatable bonds is 0. The quantitative estimate of drug-likeness (QED) is 0.405. The van der Waals surface area contributed by atoms with Gasteiger partial charge in [-0.15, -0.1) is 5.10 Å². The van der Waals surface area contributed by atoms with Crippen LogP contribution in [0.2, 0.25) is 5.02 Å². The van der Waals surface area contributed by atoms with Crippen LogP contribution in [0.4, 0.5) is 5.82 Å². The van der Waals surface area contributed by atoms with E-state index in [2.05, 4.69) is 15.1 Å². The maximum absolute atomic E-state index is 11.1. The second kappa shape index (κ2) is 4.85. The molecule has 2 aromatic rings. The molecule has 0 fully saturated rings. The average molecular weight is 306 g/mol. The number of nitrogens with zero attached hydrogens (tertiary/aromatic N) is 5. The van der Waals surface area contributed by atoms with Crippen molar-refractivity contribution in [1.29, 1.82) is 0 Å². The van der Waals surface area contributed by atoms with Gasteiger partial charge < -0.3 is 9.84 Å². The lowest BCUT2D eigenvalue weighted by Crippen LogP contribution is -2.38. The molecule has 21 heavy (non-hydrogen) atoms. The summed E-state index contributed by atoms with van der Waals surface area (Å²) < 4.78 is 7.37. The standard InChI is InChI=1S/C13H12ClN5O2/c1-7(20)15-13-17-19(3)11-12(21-13)18(2)10-6-8(14)4-5-9(10)16-11/h4-6H,1-3H3. The number of benzene rings is 1. The Hall–Kier alpha value is -2.41. The van der Waals surface area contributed by atoms with Gasteiger partial charge in [-0.2, -0.15) is 4.57 Å².